The molecule has 2 rings (SSSR count). The van der Waals surface area contributed by atoms with Gasteiger partial charge in [-0.05, 0) is 17.6 Å². The number of hydrogen-bond acceptors (Lipinski definition) is 3. The minimum Gasteiger partial charge on any atom is -0.484 e. The Morgan fingerprint density at radius 3 is 2.24 bits per heavy atom. The van der Waals surface area contributed by atoms with E-state index in [0.29, 0.717) is 13.2 Å². The van der Waals surface area contributed by atoms with Crippen LogP contribution in [0.25, 0.3) is 0 Å². The van der Waals surface area contributed by atoms with Crippen LogP contribution in [0.4, 0.5) is 13.2 Å². The third-order valence-corrected chi connectivity index (χ3v) is 2.18. The molecule has 0 amide bonds. The van der Waals surface area contributed by atoms with Crippen LogP contribution in [0.3, 0.4) is 0 Å². The van der Waals surface area contributed by atoms with Crippen LogP contribution in [0, 0.1) is 0 Å². The summed E-state index contributed by atoms with van der Waals surface area (Å²) in [4.78, 5) is 0. The van der Waals surface area contributed by atoms with E-state index in [1.807, 2.05) is 0 Å². The molecule has 1 aromatic rings. The summed E-state index contributed by atoms with van der Waals surface area (Å²) >= 11 is 0. The summed E-state index contributed by atoms with van der Waals surface area (Å²) < 4.78 is 50.8. The summed E-state index contributed by atoms with van der Waals surface area (Å²) in [5.41, 5.74) is 0.766. The van der Waals surface area contributed by atoms with Gasteiger partial charge >= 0.3 is 13.3 Å². The summed E-state index contributed by atoms with van der Waals surface area (Å²) in [5.74, 6) is 0.170. The number of halogens is 3. The highest BCUT2D eigenvalue weighted by Gasteiger charge is 2.29. The Morgan fingerprint density at radius 1 is 1.12 bits per heavy atom. The lowest BCUT2D eigenvalue weighted by atomic mass is 9.79. The largest absolute Gasteiger partial charge is 0.494 e. The van der Waals surface area contributed by atoms with Crippen molar-refractivity contribution in [3.8, 4) is 5.75 Å². The molecular weight excluding hydrogens is 236 g/mol. The quantitative estimate of drug-likeness (QED) is 0.754. The monoisotopic (exact) mass is 246 g/mol. The van der Waals surface area contributed by atoms with Gasteiger partial charge in [0.1, 0.15) is 5.75 Å². The van der Waals surface area contributed by atoms with Gasteiger partial charge in [0.05, 0.1) is 13.2 Å². The topological polar surface area (TPSA) is 27.7 Å². The van der Waals surface area contributed by atoms with Gasteiger partial charge in [-0.2, -0.15) is 13.2 Å². The molecule has 0 spiro atoms. The average molecular weight is 246 g/mol. The van der Waals surface area contributed by atoms with Crippen molar-refractivity contribution in [2.45, 2.75) is 6.18 Å². The van der Waals surface area contributed by atoms with Crippen molar-refractivity contribution < 1.29 is 27.2 Å². The smallest absolute Gasteiger partial charge is 0.484 e. The first kappa shape index (κ1) is 12.3. The van der Waals surface area contributed by atoms with Crippen LogP contribution in [0.1, 0.15) is 0 Å². The van der Waals surface area contributed by atoms with Crippen LogP contribution in [-0.4, -0.2) is 33.1 Å². The molecule has 0 aromatic heterocycles. The third-order valence-electron chi connectivity index (χ3n) is 2.18. The second-order valence-corrected chi connectivity index (χ2v) is 3.55. The van der Waals surface area contributed by atoms with Crippen LogP contribution in [0.15, 0.2) is 24.3 Å². The van der Waals surface area contributed by atoms with Gasteiger partial charge in [-0.3, -0.25) is 0 Å². The predicted molar refractivity (Wildman–Crippen MR) is 55.3 cm³/mol. The van der Waals surface area contributed by atoms with Gasteiger partial charge in [-0.15, -0.1) is 0 Å². The number of alkyl halides is 3. The fourth-order valence-electron chi connectivity index (χ4n) is 1.44. The average Bonchev–Trinajstić information content (AvgIpc) is 2.79. The molecule has 0 atom stereocenters. The Labute approximate surface area is 96.6 Å². The first-order chi connectivity index (χ1) is 8.04. The molecule has 1 heterocycles. The lowest BCUT2D eigenvalue weighted by Crippen LogP contribution is -2.31. The number of hydrogen-bond donors (Lipinski definition) is 0. The van der Waals surface area contributed by atoms with Crippen LogP contribution in [0.5, 0.6) is 5.75 Å². The van der Waals surface area contributed by atoms with Gasteiger partial charge in [0, 0.05) is 0 Å². The summed E-state index contributed by atoms with van der Waals surface area (Å²) in [5, 5.41) is 0. The number of rotatable bonds is 3. The number of benzene rings is 1. The van der Waals surface area contributed by atoms with Crippen molar-refractivity contribution in [1.29, 1.82) is 0 Å². The lowest BCUT2D eigenvalue weighted by molar-refractivity contribution is -0.153. The molecule has 1 saturated heterocycles. The van der Waals surface area contributed by atoms with Crippen LogP contribution < -0.4 is 10.2 Å². The molecule has 17 heavy (non-hydrogen) atoms. The third kappa shape index (κ3) is 3.64. The molecule has 0 radical (unpaired) electrons. The highest BCUT2D eigenvalue weighted by atomic mass is 19.4. The molecule has 0 aliphatic carbocycles. The van der Waals surface area contributed by atoms with Gasteiger partial charge in [-0.1, -0.05) is 12.1 Å². The Morgan fingerprint density at radius 2 is 1.71 bits per heavy atom. The van der Waals surface area contributed by atoms with E-state index < -0.39 is 19.9 Å². The molecule has 1 fully saturated rings. The molecule has 7 heteroatoms. The molecule has 92 valence electrons. The minimum atomic E-state index is -4.32. The molecule has 0 bridgehead atoms. The van der Waals surface area contributed by atoms with E-state index in [9.17, 15) is 13.2 Å². The normalized spacial score (nSPS) is 16.3. The Balaban J connectivity index is 1.93. The van der Waals surface area contributed by atoms with Crippen LogP contribution in [-0.2, 0) is 9.31 Å². The molecular formula is C10H10BF3O3. The van der Waals surface area contributed by atoms with Crippen molar-refractivity contribution in [3.05, 3.63) is 24.3 Å². The minimum absolute atomic E-state index is 0.170. The van der Waals surface area contributed by atoms with Crippen molar-refractivity contribution in [2.24, 2.45) is 0 Å². The zero-order valence-electron chi connectivity index (χ0n) is 8.87. The van der Waals surface area contributed by atoms with Crippen LogP contribution in [0.2, 0.25) is 0 Å². The standard InChI is InChI=1S/C10H10BF3O3/c12-10(13,14)7-15-9-3-1-8(2-4-9)11-16-5-6-17-11/h1-4H,5-7H2. The van der Waals surface area contributed by atoms with E-state index in [4.69, 9.17) is 9.31 Å². The maximum atomic E-state index is 11.9. The van der Waals surface area contributed by atoms with Crippen molar-refractivity contribution >= 4 is 12.6 Å². The lowest BCUT2D eigenvalue weighted by Gasteiger charge is -2.10. The fraction of sp³-hybridized carbons (Fsp3) is 0.400. The van der Waals surface area contributed by atoms with Gasteiger partial charge < -0.3 is 14.0 Å². The van der Waals surface area contributed by atoms with E-state index in [-0.39, 0.29) is 5.75 Å². The Bertz CT molecular complexity index is 360. The molecule has 3 nitrogen and oxygen atoms in total. The van der Waals surface area contributed by atoms with Crippen molar-refractivity contribution in [1.82, 2.24) is 0 Å². The second kappa shape index (κ2) is 4.97. The van der Waals surface area contributed by atoms with Crippen molar-refractivity contribution in [2.75, 3.05) is 19.8 Å². The maximum Gasteiger partial charge on any atom is 0.494 e. The molecule has 1 aromatic carbocycles. The van der Waals surface area contributed by atoms with E-state index >= 15 is 0 Å². The molecule has 0 saturated carbocycles. The fourth-order valence-corrected chi connectivity index (χ4v) is 1.44. The van der Waals surface area contributed by atoms with E-state index in [2.05, 4.69) is 4.74 Å². The molecule has 1 aliphatic heterocycles. The van der Waals surface area contributed by atoms with Gasteiger partial charge in [0.2, 0.25) is 0 Å². The highest BCUT2D eigenvalue weighted by molar-refractivity contribution is 6.61. The Hall–Kier alpha value is -1.21. The first-order valence-corrected chi connectivity index (χ1v) is 5.07. The molecule has 1 aliphatic rings. The zero-order valence-corrected chi connectivity index (χ0v) is 8.87. The van der Waals surface area contributed by atoms with Gasteiger partial charge in [0.15, 0.2) is 6.61 Å². The van der Waals surface area contributed by atoms with Crippen LogP contribution >= 0.6 is 0 Å². The molecule has 0 N–H and O–H groups in total. The maximum absolute atomic E-state index is 11.9. The summed E-state index contributed by atoms with van der Waals surface area (Å²) in [7, 11) is -0.424. The first-order valence-electron chi connectivity index (χ1n) is 5.07. The van der Waals surface area contributed by atoms with E-state index in [1.54, 1.807) is 12.1 Å². The van der Waals surface area contributed by atoms with E-state index in [0.717, 1.165) is 5.46 Å². The van der Waals surface area contributed by atoms with E-state index in [1.165, 1.54) is 12.1 Å². The van der Waals surface area contributed by atoms with Crippen molar-refractivity contribution in [3.63, 3.8) is 0 Å². The Kier molecular flexibility index (Phi) is 3.59. The second-order valence-electron chi connectivity index (χ2n) is 3.55. The molecule has 0 unspecified atom stereocenters. The summed E-state index contributed by atoms with van der Waals surface area (Å²) in [6.07, 6.45) is -4.32. The van der Waals surface area contributed by atoms with Gasteiger partial charge in [-0.25, -0.2) is 0 Å². The summed E-state index contributed by atoms with van der Waals surface area (Å²) in [6, 6.07) is 6.18. The SMILES string of the molecule is FC(F)(F)COc1ccc(B2OCCO2)cc1. The van der Waals surface area contributed by atoms with Gasteiger partial charge in [0.25, 0.3) is 0 Å². The number of ether oxygens (including phenoxy) is 1. The highest BCUT2D eigenvalue weighted by Crippen LogP contribution is 2.17. The zero-order chi connectivity index (χ0) is 12.3. The summed E-state index contributed by atoms with van der Waals surface area (Å²) in [6.45, 7) is -0.239. The predicted octanol–water partition coefficient (Wildman–Crippen LogP) is 1.37.